The van der Waals surface area contributed by atoms with Crippen LogP contribution in [0.1, 0.15) is 29.2 Å². The number of nitrogens with zero attached hydrogens (tertiary/aromatic N) is 4. The van der Waals surface area contributed by atoms with Crippen molar-refractivity contribution >= 4 is 12.1 Å². The number of benzene rings is 2. The number of imidazole rings is 1. The number of carbonyl (C=O) groups is 2. The molecule has 1 N–H and O–H groups in total. The van der Waals surface area contributed by atoms with Gasteiger partial charge in [-0.2, -0.15) is 0 Å². The van der Waals surface area contributed by atoms with Crippen molar-refractivity contribution in [3.8, 4) is 11.1 Å². The first-order valence-electron chi connectivity index (χ1n) is 10.5. The predicted molar refractivity (Wildman–Crippen MR) is 119 cm³/mol. The third kappa shape index (κ3) is 4.36. The van der Waals surface area contributed by atoms with Crippen molar-refractivity contribution in [2.24, 2.45) is 0 Å². The van der Waals surface area contributed by atoms with Gasteiger partial charge >= 0.3 is 12.1 Å². The number of aliphatic carboxylic acids is 1. The van der Waals surface area contributed by atoms with Crippen LogP contribution in [0.25, 0.3) is 11.1 Å². The molecule has 1 aliphatic carbocycles. The third-order valence-corrected chi connectivity index (χ3v) is 5.87. The van der Waals surface area contributed by atoms with Gasteiger partial charge in [0.15, 0.2) is 0 Å². The number of amides is 1. The number of hydrazine groups is 1. The summed E-state index contributed by atoms with van der Waals surface area (Å²) >= 11 is 0. The Balaban J connectivity index is 1.39. The molecule has 1 aromatic heterocycles. The van der Waals surface area contributed by atoms with E-state index in [-0.39, 0.29) is 18.9 Å². The standard InChI is InChI=1S/C24H26N4O4/c1-26(14-17-13-25-16-28(17)12-11-23(29)30)27(2)24(31)32-15-22-20-9-5-3-7-18(20)19-8-4-6-10-21(19)22/h3-10,13,16,22H,11-12,14-15H2,1-2H3,(H,29,30). The second kappa shape index (κ2) is 9.23. The molecule has 0 bridgehead atoms. The molecule has 0 radical (unpaired) electrons. The number of rotatable bonds is 8. The second-order valence-corrected chi connectivity index (χ2v) is 7.87. The van der Waals surface area contributed by atoms with Gasteiger partial charge in [0, 0.05) is 32.8 Å². The first-order chi connectivity index (χ1) is 15.5. The van der Waals surface area contributed by atoms with Gasteiger partial charge in [0.1, 0.15) is 6.61 Å². The van der Waals surface area contributed by atoms with Crippen molar-refractivity contribution in [1.82, 2.24) is 19.6 Å². The summed E-state index contributed by atoms with van der Waals surface area (Å²) in [7, 11) is 3.42. The summed E-state index contributed by atoms with van der Waals surface area (Å²) in [5, 5.41) is 12.0. The van der Waals surface area contributed by atoms with Crippen molar-refractivity contribution in [3.05, 3.63) is 77.9 Å². The zero-order valence-corrected chi connectivity index (χ0v) is 18.1. The van der Waals surface area contributed by atoms with Crippen LogP contribution in [-0.4, -0.2) is 57.4 Å². The quantitative estimate of drug-likeness (QED) is 0.545. The minimum absolute atomic E-state index is 0.00232. The van der Waals surface area contributed by atoms with Gasteiger partial charge in [0.25, 0.3) is 0 Å². The molecule has 0 unspecified atom stereocenters. The van der Waals surface area contributed by atoms with Gasteiger partial charge in [-0.15, -0.1) is 0 Å². The molecule has 4 rings (SSSR count). The predicted octanol–water partition coefficient (Wildman–Crippen LogP) is 3.59. The lowest BCUT2D eigenvalue weighted by molar-refractivity contribution is -0.137. The molecule has 1 aliphatic rings. The molecule has 0 saturated heterocycles. The molecule has 0 atom stereocenters. The van der Waals surface area contributed by atoms with Crippen molar-refractivity contribution < 1.29 is 19.4 Å². The van der Waals surface area contributed by atoms with Crippen LogP contribution in [0.4, 0.5) is 4.79 Å². The van der Waals surface area contributed by atoms with Crippen LogP contribution in [0.5, 0.6) is 0 Å². The highest BCUT2D eigenvalue weighted by molar-refractivity contribution is 5.79. The summed E-state index contributed by atoms with van der Waals surface area (Å²) in [5.74, 6) is -0.865. The zero-order chi connectivity index (χ0) is 22.7. The number of aromatic nitrogens is 2. The van der Waals surface area contributed by atoms with Gasteiger partial charge < -0.3 is 14.4 Å². The Hall–Kier alpha value is -3.65. The molecule has 8 heteroatoms. The van der Waals surface area contributed by atoms with E-state index in [2.05, 4.69) is 29.2 Å². The van der Waals surface area contributed by atoms with Crippen LogP contribution < -0.4 is 0 Å². The number of carboxylic acids is 1. The number of hydrogen-bond acceptors (Lipinski definition) is 5. The Kier molecular flexibility index (Phi) is 6.23. The summed E-state index contributed by atoms with van der Waals surface area (Å²) in [5.41, 5.74) is 5.51. The maximum absolute atomic E-state index is 12.8. The molecule has 1 amide bonds. The molecule has 2 aromatic carbocycles. The highest BCUT2D eigenvalue weighted by atomic mass is 16.6. The van der Waals surface area contributed by atoms with E-state index in [1.807, 2.05) is 24.3 Å². The van der Waals surface area contributed by atoms with Crippen LogP contribution in [0.3, 0.4) is 0 Å². The van der Waals surface area contributed by atoms with Crippen molar-refractivity contribution in [2.75, 3.05) is 20.7 Å². The smallest absolute Gasteiger partial charge is 0.424 e. The van der Waals surface area contributed by atoms with Gasteiger partial charge in [-0.25, -0.2) is 19.8 Å². The Labute approximate surface area is 186 Å². The van der Waals surface area contributed by atoms with Gasteiger partial charge in [-0.1, -0.05) is 48.5 Å². The number of carbonyl (C=O) groups excluding carboxylic acids is 1. The summed E-state index contributed by atoms with van der Waals surface area (Å²) < 4.78 is 7.47. The van der Waals surface area contributed by atoms with E-state index < -0.39 is 12.1 Å². The largest absolute Gasteiger partial charge is 0.481 e. The molecule has 3 aromatic rings. The fraction of sp³-hybridized carbons (Fsp3) is 0.292. The molecule has 8 nitrogen and oxygen atoms in total. The Morgan fingerprint density at radius 2 is 1.69 bits per heavy atom. The molecule has 1 heterocycles. The van der Waals surface area contributed by atoms with E-state index in [9.17, 15) is 9.59 Å². The molecule has 166 valence electrons. The molecule has 0 aliphatic heterocycles. The molecule has 0 saturated carbocycles. The van der Waals surface area contributed by atoms with Gasteiger partial charge in [-0.3, -0.25) is 4.79 Å². The Morgan fingerprint density at radius 1 is 1.06 bits per heavy atom. The summed E-state index contributed by atoms with van der Waals surface area (Å²) in [6.45, 7) is 0.967. The number of hydrogen-bond donors (Lipinski definition) is 1. The second-order valence-electron chi connectivity index (χ2n) is 7.87. The average molecular weight is 434 g/mol. The van der Waals surface area contributed by atoms with Crippen molar-refractivity contribution in [3.63, 3.8) is 0 Å². The lowest BCUT2D eigenvalue weighted by Gasteiger charge is -2.28. The maximum atomic E-state index is 12.8. The van der Waals surface area contributed by atoms with Crippen LogP contribution in [0, 0.1) is 0 Å². The van der Waals surface area contributed by atoms with Gasteiger partial charge in [0.05, 0.1) is 25.0 Å². The van der Waals surface area contributed by atoms with Gasteiger partial charge in [0.2, 0.25) is 0 Å². The molecule has 0 fully saturated rings. The number of fused-ring (bicyclic) bond motifs is 3. The highest BCUT2D eigenvalue weighted by Crippen LogP contribution is 2.44. The number of ether oxygens (including phenoxy) is 1. The fourth-order valence-corrected chi connectivity index (χ4v) is 4.06. The zero-order valence-electron chi connectivity index (χ0n) is 18.1. The lowest BCUT2D eigenvalue weighted by Crippen LogP contribution is -2.41. The van der Waals surface area contributed by atoms with E-state index in [1.165, 1.54) is 27.3 Å². The first-order valence-corrected chi connectivity index (χ1v) is 10.5. The van der Waals surface area contributed by atoms with E-state index in [1.54, 1.807) is 36.2 Å². The summed E-state index contributed by atoms with van der Waals surface area (Å²) in [4.78, 5) is 27.7. The normalized spacial score (nSPS) is 12.5. The molecular formula is C24H26N4O4. The maximum Gasteiger partial charge on any atom is 0.424 e. The van der Waals surface area contributed by atoms with Crippen LogP contribution in [0.15, 0.2) is 61.1 Å². The molecule has 0 spiro atoms. The van der Waals surface area contributed by atoms with E-state index in [0.29, 0.717) is 13.1 Å². The monoisotopic (exact) mass is 434 g/mol. The number of aryl methyl sites for hydroxylation is 1. The third-order valence-electron chi connectivity index (χ3n) is 5.87. The minimum atomic E-state index is -0.867. The first kappa shape index (κ1) is 21.6. The Morgan fingerprint density at radius 3 is 2.31 bits per heavy atom. The summed E-state index contributed by atoms with van der Waals surface area (Å²) in [6.07, 6.45) is 2.82. The molecular weight excluding hydrogens is 408 g/mol. The SMILES string of the molecule is CN(Cc1cncn1CCC(=O)O)N(C)C(=O)OCC1c2ccccc2-c2ccccc21. The molecule has 32 heavy (non-hydrogen) atoms. The van der Waals surface area contributed by atoms with Crippen LogP contribution >= 0.6 is 0 Å². The number of carboxylic acid groups (broad SMARTS) is 1. The lowest BCUT2D eigenvalue weighted by atomic mass is 9.98. The van der Waals surface area contributed by atoms with E-state index >= 15 is 0 Å². The van der Waals surface area contributed by atoms with Crippen molar-refractivity contribution in [2.45, 2.75) is 25.4 Å². The van der Waals surface area contributed by atoms with Crippen LogP contribution in [-0.2, 0) is 22.6 Å². The van der Waals surface area contributed by atoms with Gasteiger partial charge in [-0.05, 0) is 22.3 Å². The van der Waals surface area contributed by atoms with E-state index in [0.717, 1.165) is 5.69 Å². The average Bonchev–Trinajstić information content (AvgIpc) is 3.37. The Bertz CT molecular complexity index is 1080. The minimum Gasteiger partial charge on any atom is -0.481 e. The van der Waals surface area contributed by atoms with Crippen LogP contribution in [0.2, 0.25) is 0 Å². The topological polar surface area (TPSA) is 87.9 Å². The fourth-order valence-electron chi connectivity index (χ4n) is 4.06. The summed E-state index contributed by atoms with van der Waals surface area (Å²) in [6, 6.07) is 16.4. The highest BCUT2D eigenvalue weighted by Gasteiger charge is 2.29. The van der Waals surface area contributed by atoms with E-state index in [4.69, 9.17) is 9.84 Å². The van der Waals surface area contributed by atoms with Crippen molar-refractivity contribution in [1.29, 1.82) is 0 Å².